The zero-order chi connectivity index (χ0) is 14.9. The van der Waals surface area contributed by atoms with Crippen LogP contribution in [-0.4, -0.2) is 22.6 Å². The third-order valence-corrected chi connectivity index (χ3v) is 3.08. The van der Waals surface area contributed by atoms with E-state index >= 15 is 0 Å². The third kappa shape index (κ3) is 2.24. The summed E-state index contributed by atoms with van der Waals surface area (Å²) in [5.74, 6) is -0.0675. The Labute approximate surface area is 116 Å². The van der Waals surface area contributed by atoms with Gasteiger partial charge < -0.3 is 10.5 Å². The molecule has 0 amide bonds. The summed E-state index contributed by atoms with van der Waals surface area (Å²) in [6, 6.07) is 4.62. The number of hydrogen-bond donors (Lipinski definition) is 1. The van der Waals surface area contributed by atoms with Crippen molar-refractivity contribution >= 4 is 11.8 Å². The Morgan fingerprint density at radius 1 is 1.50 bits per heavy atom. The largest absolute Gasteiger partial charge is 0.464 e. The van der Waals surface area contributed by atoms with Gasteiger partial charge in [-0.1, -0.05) is 6.92 Å². The van der Waals surface area contributed by atoms with E-state index in [4.69, 9.17) is 5.73 Å². The number of halogens is 1. The maximum absolute atomic E-state index is 13.4. The molecule has 2 aromatic rings. The number of benzene rings is 1. The second kappa shape index (κ2) is 5.32. The van der Waals surface area contributed by atoms with Crippen molar-refractivity contribution in [1.82, 2.24) is 9.55 Å². The fourth-order valence-electron chi connectivity index (χ4n) is 2.02. The van der Waals surface area contributed by atoms with Crippen LogP contribution in [0.2, 0.25) is 0 Å². The predicted molar refractivity (Wildman–Crippen MR) is 73.4 cm³/mol. The molecule has 1 heterocycles. The number of aromatic nitrogens is 2. The summed E-state index contributed by atoms with van der Waals surface area (Å²) in [6.07, 6.45) is 0.581. The molecule has 0 unspecified atom stereocenters. The van der Waals surface area contributed by atoms with Crippen LogP contribution in [0.3, 0.4) is 0 Å². The van der Waals surface area contributed by atoms with E-state index in [1.807, 2.05) is 6.92 Å². The van der Waals surface area contributed by atoms with Gasteiger partial charge in [-0.2, -0.15) is 0 Å². The molecule has 0 aliphatic carbocycles. The van der Waals surface area contributed by atoms with Crippen molar-refractivity contribution in [1.29, 1.82) is 0 Å². The van der Waals surface area contributed by atoms with Gasteiger partial charge in [0.15, 0.2) is 5.69 Å². The van der Waals surface area contributed by atoms with Crippen LogP contribution in [-0.2, 0) is 11.2 Å². The average molecular weight is 277 g/mol. The highest BCUT2D eigenvalue weighted by Gasteiger charge is 2.21. The van der Waals surface area contributed by atoms with E-state index in [1.54, 1.807) is 23.6 Å². The van der Waals surface area contributed by atoms with Gasteiger partial charge in [-0.15, -0.1) is 0 Å². The average Bonchev–Trinajstić information content (AvgIpc) is 2.78. The molecule has 5 nitrogen and oxygen atoms in total. The molecule has 2 rings (SSSR count). The number of imidazole rings is 1. The molecular formula is C14H16FN3O2. The van der Waals surface area contributed by atoms with Crippen molar-refractivity contribution in [2.75, 3.05) is 12.8 Å². The molecule has 1 aromatic carbocycles. The first-order valence-corrected chi connectivity index (χ1v) is 6.21. The van der Waals surface area contributed by atoms with Crippen LogP contribution in [0, 0.1) is 12.7 Å². The molecule has 1 aromatic heterocycles. The zero-order valence-electron chi connectivity index (χ0n) is 11.6. The molecule has 0 fully saturated rings. The maximum Gasteiger partial charge on any atom is 0.360 e. The standard InChI is InChI=1S/C14H16FN3O2/c1-4-11-17-12(14(19)20-3)13(16)18(11)9-5-6-10(15)8(2)7-9/h5-7H,4,16H2,1-3H3. The van der Waals surface area contributed by atoms with Gasteiger partial charge in [0, 0.05) is 12.1 Å². The Morgan fingerprint density at radius 2 is 2.20 bits per heavy atom. The molecule has 106 valence electrons. The molecule has 6 heteroatoms. The zero-order valence-corrected chi connectivity index (χ0v) is 11.6. The lowest BCUT2D eigenvalue weighted by atomic mass is 10.2. The van der Waals surface area contributed by atoms with Crippen molar-refractivity contribution in [3.8, 4) is 5.69 Å². The number of carbonyl (C=O) groups excluding carboxylic acids is 1. The first-order valence-electron chi connectivity index (χ1n) is 6.21. The lowest BCUT2D eigenvalue weighted by molar-refractivity contribution is 0.0596. The summed E-state index contributed by atoms with van der Waals surface area (Å²) >= 11 is 0. The fourth-order valence-corrected chi connectivity index (χ4v) is 2.02. The Kier molecular flexibility index (Phi) is 3.74. The second-order valence-electron chi connectivity index (χ2n) is 4.38. The van der Waals surface area contributed by atoms with Gasteiger partial charge in [-0.05, 0) is 30.7 Å². The van der Waals surface area contributed by atoms with Gasteiger partial charge in [0.1, 0.15) is 17.5 Å². The normalized spacial score (nSPS) is 10.6. The fraction of sp³-hybridized carbons (Fsp3) is 0.286. The molecule has 0 radical (unpaired) electrons. The summed E-state index contributed by atoms with van der Waals surface area (Å²) in [5.41, 5.74) is 7.22. The van der Waals surface area contributed by atoms with E-state index in [0.717, 1.165) is 0 Å². The van der Waals surface area contributed by atoms with Gasteiger partial charge in [0.25, 0.3) is 0 Å². The smallest absolute Gasteiger partial charge is 0.360 e. The van der Waals surface area contributed by atoms with Crippen molar-refractivity contribution < 1.29 is 13.9 Å². The summed E-state index contributed by atoms with van der Waals surface area (Å²) in [7, 11) is 1.27. The van der Waals surface area contributed by atoms with Gasteiger partial charge >= 0.3 is 5.97 Å². The monoisotopic (exact) mass is 277 g/mol. The number of nitrogens with two attached hydrogens (primary N) is 1. The molecule has 20 heavy (non-hydrogen) atoms. The molecule has 0 aliphatic rings. The number of nitrogen functional groups attached to an aromatic ring is 1. The number of anilines is 1. The van der Waals surface area contributed by atoms with Crippen molar-refractivity contribution in [3.63, 3.8) is 0 Å². The highest BCUT2D eigenvalue weighted by Crippen LogP contribution is 2.23. The molecule has 2 N–H and O–H groups in total. The Bertz CT molecular complexity index is 665. The van der Waals surface area contributed by atoms with Crippen molar-refractivity contribution in [2.45, 2.75) is 20.3 Å². The van der Waals surface area contributed by atoms with Crippen LogP contribution < -0.4 is 5.73 Å². The van der Waals surface area contributed by atoms with E-state index in [-0.39, 0.29) is 17.3 Å². The summed E-state index contributed by atoms with van der Waals surface area (Å²) < 4.78 is 19.6. The lowest BCUT2D eigenvalue weighted by Gasteiger charge is -2.10. The quantitative estimate of drug-likeness (QED) is 0.873. The first kappa shape index (κ1) is 14.0. The number of ether oxygens (including phenoxy) is 1. The van der Waals surface area contributed by atoms with Crippen LogP contribution in [0.1, 0.15) is 28.8 Å². The number of rotatable bonds is 3. The first-order chi connectivity index (χ1) is 9.49. The van der Waals surface area contributed by atoms with Gasteiger partial charge in [-0.25, -0.2) is 14.2 Å². The van der Waals surface area contributed by atoms with Crippen LogP contribution in [0.5, 0.6) is 0 Å². The van der Waals surface area contributed by atoms with E-state index < -0.39 is 5.97 Å². The minimum absolute atomic E-state index is 0.0753. The summed E-state index contributed by atoms with van der Waals surface area (Å²) in [4.78, 5) is 15.8. The van der Waals surface area contributed by atoms with Crippen molar-refractivity contribution in [2.24, 2.45) is 0 Å². The Hall–Kier alpha value is -2.37. The van der Waals surface area contributed by atoms with Crippen molar-refractivity contribution in [3.05, 3.63) is 41.1 Å². The predicted octanol–water partition coefficient (Wildman–Crippen LogP) is 2.25. The van der Waals surface area contributed by atoms with Crippen LogP contribution in [0.25, 0.3) is 5.69 Å². The summed E-state index contributed by atoms with van der Waals surface area (Å²) in [6.45, 7) is 3.56. The van der Waals surface area contributed by atoms with Crippen LogP contribution in [0.15, 0.2) is 18.2 Å². The topological polar surface area (TPSA) is 70.1 Å². The number of carbonyl (C=O) groups is 1. The SMILES string of the molecule is CCc1nc(C(=O)OC)c(N)n1-c1ccc(F)c(C)c1. The minimum Gasteiger partial charge on any atom is -0.464 e. The van der Waals surface area contributed by atoms with E-state index in [0.29, 0.717) is 23.5 Å². The third-order valence-electron chi connectivity index (χ3n) is 3.08. The van der Waals surface area contributed by atoms with Gasteiger partial charge in [-0.3, -0.25) is 4.57 Å². The minimum atomic E-state index is -0.588. The molecule has 0 saturated heterocycles. The Balaban J connectivity index is 2.63. The molecule has 0 atom stereocenters. The van der Waals surface area contributed by atoms with Crippen LogP contribution in [0.4, 0.5) is 10.2 Å². The molecule has 0 bridgehead atoms. The molecular weight excluding hydrogens is 261 g/mol. The second-order valence-corrected chi connectivity index (χ2v) is 4.38. The lowest BCUT2D eigenvalue weighted by Crippen LogP contribution is -2.08. The van der Waals surface area contributed by atoms with E-state index in [1.165, 1.54) is 13.2 Å². The number of methoxy groups -OCH3 is 1. The molecule has 0 aliphatic heterocycles. The number of nitrogens with zero attached hydrogens (tertiary/aromatic N) is 2. The number of esters is 1. The van der Waals surface area contributed by atoms with Gasteiger partial charge in [0.05, 0.1) is 7.11 Å². The maximum atomic E-state index is 13.4. The number of hydrogen-bond acceptors (Lipinski definition) is 4. The van der Waals surface area contributed by atoms with Crippen LogP contribution >= 0.6 is 0 Å². The highest BCUT2D eigenvalue weighted by atomic mass is 19.1. The summed E-state index contributed by atoms with van der Waals surface area (Å²) in [5, 5.41) is 0. The van der Waals surface area contributed by atoms with Gasteiger partial charge in [0.2, 0.25) is 0 Å². The highest BCUT2D eigenvalue weighted by molar-refractivity contribution is 5.92. The molecule has 0 saturated carbocycles. The van der Waals surface area contributed by atoms with E-state index in [2.05, 4.69) is 9.72 Å². The molecule has 0 spiro atoms. The number of aryl methyl sites for hydroxylation is 2. The Morgan fingerprint density at radius 3 is 2.75 bits per heavy atom. The van der Waals surface area contributed by atoms with E-state index in [9.17, 15) is 9.18 Å².